The number of nitrogens with one attached hydrogen (secondary N) is 2. The highest BCUT2D eigenvalue weighted by molar-refractivity contribution is 6.02. The molecule has 0 saturated carbocycles. The van der Waals surface area contributed by atoms with Gasteiger partial charge in [-0.1, -0.05) is 36.4 Å². The maximum absolute atomic E-state index is 13.9. The third-order valence-electron chi connectivity index (χ3n) is 7.12. The van der Waals surface area contributed by atoms with E-state index in [-0.39, 0.29) is 24.2 Å². The normalized spacial score (nSPS) is 15.8. The second kappa shape index (κ2) is 11.7. The first kappa shape index (κ1) is 27.2. The molecule has 2 amide bonds. The number of hydrogen-bond acceptors (Lipinski definition) is 5. The van der Waals surface area contributed by atoms with Crippen LogP contribution in [0.1, 0.15) is 24.5 Å². The molecule has 38 heavy (non-hydrogen) atoms. The minimum atomic E-state index is -0.623. The van der Waals surface area contributed by atoms with E-state index in [1.165, 1.54) is 0 Å². The minimum Gasteiger partial charge on any atom is -0.496 e. The van der Waals surface area contributed by atoms with Crippen LogP contribution in [0, 0.1) is 0 Å². The number of ether oxygens (including phenoxy) is 1. The number of aryl methyl sites for hydroxylation is 1. The topological polar surface area (TPSA) is 83.8 Å². The molecular weight excluding hydrogens is 502 g/mol. The molecule has 0 spiro atoms. The summed E-state index contributed by atoms with van der Waals surface area (Å²) in [6.07, 6.45) is 2.89. The Labute approximate surface area is 228 Å². The molecule has 4 aromatic rings. The van der Waals surface area contributed by atoms with Gasteiger partial charge in [-0.05, 0) is 73.5 Å². The summed E-state index contributed by atoms with van der Waals surface area (Å²) >= 11 is 0. The summed E-state index contributed by atoms with van der Waals surface area (Å²) in [6, 6.07) is 20.8. The molecule has 0 bridgehead atoms. The molecule has 0 radical (unpaired) electrons. The molecule has 0 fully saturated rings. The van der Waals surface area contributed by atoms with Crippen molar-refractivity contribution < 1.29 is 18.7 Å². The number of methoxy groups -OCH3 is 1. The van der Waals surface area contributed by atoms with E-state index in [1.807, 2.05) is 60.7 Å². The Morgan fingerprint density at radius 2 is 1.95 bits per heavy atom. The van der Waals surface area contributed by atoms with Gasteiger partial charge in [-0.15, -0.1) is 12.4 Å². The zero-order chi connectivity index (χ0) is 25.9. The van der Waals surface area contributed by atoms with Crippen LogP contribution in [0.4, 0.5) is 5.69 Å². The zero-order valence-electron chi connectivity index (χ0n) is 21.7. The average Bonchev–Trinajstić information content (AvgIpc) is 3.44. The van der Waals surface area contributed by atoms with Crippen LogP contribution >= 0.6 is 12.4 Å². The van der Waals surface area contributed by atoms with Crippen molar-refractivity contribution in [2.24, 2.45) is 0 Å². The number of likely N-dealkylation sites (N-methyl/N-ethyl adjacent to an activating group) is 1. The van der Waals surface area contributed by atoms with Gasteiger partial charge in [0, 0.05) is 16.8 Å². The van der Waals surface area contributed by atoms with E-state index in [1.54, 1.807) is 32.2 Å². The van der Waals surface area contributed by atoms with Crippen molar-refractivity contribution in [2.75, 3.05) is 19.1 Å². The van der Waals surface area contributed by atoms with Crippen LogP contribution in [0.15, 0.2) is 77.4 Å². The molecule has 2 N–H and O–H groups in total. The number of halogens is 1. The van der Waals surface area contributed by atoms with E-state index in [0.717, 1.165) is 38.9 Å². The largest absolute Gasteiger partial charge is 0.496 e. The Morgan fingerprint density at radius 1 is 1.13 bits per heavy atom. The molecule has 1 aliphatic rings. The number of carbonyl (C=O) groups excluding carboxylic acids is 2. The summed E-state index contributed by atoms with van der Waals surface area (Å²) in [4.78, 5) is 28.4. The highest BCUT2D eigenvalue weighted by Gasteiger charge is 2.33. The van der Waals surface area contributed by atoms with Crippen LogP contribution in [0.3, 0.4) is 0 Å². The highest BCUT2D eigenvalue weighted by Crippen LogP contribution is 2.35. The molecule has 0 saturated heterocycles. The van der Waals surface area contributed by atoms with Crippen molar-refractivity contribution in [3.05, 3.63) is 84.1 Å². The Bertz CT molecular complexity index is 1440. The van der Waals surface area contributed by atoms with Gasteiger partial charge >= 0.3 is 0 Å². The molecule has 0 aliphatic carbocycles. The quantitative estimate of drug-likeness (QED) is 0.345. The molecule has 3 aromatic carbocycles. The summed E-state index contributed by atoms with van der Waals surface area (Å²) in [5.41, 5.74) is 3.82. The molecule has 2 heterocycles. The lowest BCUT2D eigenvalue weighted by atomic mass is 9.99. The van der Waals surface area contributed by atoms with Gasteiger partial charge in [0.15, 0.2) is 0 Å². The fourth-order valence-electron chi connectivity index (χ4n) is 4.92. The lowest BCUT2D eigenvalue weighted by Gasteiger charge is -2.28. The van der Waals surface area contributed by atoms with Crippen LogP contribution in [0.25, 0.3) is 22.1 Å². The number of amides is 2. The van der Waals surface area contributed by atoms with Crippen LogP contribution in [0.5, 0.6) is 5.75 Å². The molecular formula is C30H32ClN3O4. The molecule has 7 nitrogen and oxygen atoms in total. The smallest absolute Gasteiger partial charge is 0.249 e. The number of carbonyl (C=O) groups is 2. The van der Waals surface area contributed by atoms with E-state index in [0.29, 0.717) is 25.1 Å². The monoisotopic (exact) mass is 533 g/mol. The Hall–Kier alpha value is -3.81. The molecule has 8 heteroatoms. The lowest BCUT2D eigenvalue weighted by Crippen LogP contribution is -2.52. The molecule has 1 aliphatic heterocycles. The molecule has 1 aromatic heterocycles. The van der Waals surface area contributed by atoms with E-state index < -0.39 is 12.1 Å². The van der Waals surface area contributed by atoms with Gasteiger partial charge in [-0.25, -0.2) is 0 Å². The Morgan fingerprint density at radius 3 is 2.68 bits per heavy atom. The maximum atomic E-state index is 13.9. The molecule has 2 unspecified atom stereocenters. The van der Waals surface area contributed by atoms with E-state index in [4.69, 9.17) is 9.15 Å². The van der Waals surface area contributed by atoms with Crippen molar-refractivity contribution in [3.8, 4) is 17.1 Å². The highest BCUT2D eigenvalue weighted by atomic mass is 35.5. The van der Waals surface area contributed by atoms with Gasteiger partial charge in [0.2, 0.25) is 11.8 Å². The van der Waals surface area contributed by atoms with Crippen molar-refractivity contribution in [2.45, 2.75) is 38.4 Å². The van der Waals surface area contributed by atoms with Crippen LogP contribution in [0.2, 0.25) is 0 Å². The first-order chi connectivity index (χ1) is 18.0. The van der Waals surface area contributed by atoms with Crippen LogP contribution in [-0.2, 0) is 22.6 Å². The van der Waals surface area contributed by atoms with Gasteiger partial charge in [-0.2, -0.15) is 0 Å². The number of nitrogens with zero attached hydrogens (tertiary/aromatic N) is 1. The maximum Gasteiger partial charge on any atom is 0.249 e. The molecule has 5 rings (SSSR count). The van der Waals surface area contributed by atoms with E-state index >= 15 is 0 Å². The Kier molecular flexibility index (Phi) is 8.39. The number of para-hydroxylation sites is 1. The summed E-state index contributed by atoms with van der Waals surface area (Å²) in [7, 11) is 3.37. The van der Waals surface area contributed by atoms with Crippen molar-refractivity contribution in [1.82, 2.24) is 10.6 Å². The fraction of sp³-hybridized carbons (Fsp3) is 0.267. The second-order valence-electron chi connectivity index (χ2n) is 9.32. The van der Waals surface area contributed by atoms with Crippen LogP contribution in [-0.4, -0.2) is 38.1 Å². The predicted octanol–water partition coefficient (Wildman–Crippen LogP) is 5.10. The van der Waals surface area contributed by atoms with Gasteiger partial charge < -0.3 is 24.7 Å². The van der Waals surface area contributed by atoms with Crippen LogP contribution < -0.4 is 20.3 Å². The number of fused-ring (bicyclic) bond motifs is 2. The van der Waals surface area contributed by atoms with Gasteiger partial charge in [0.1, 0.15) is 17.6 Å². The first-order valence-corrected chi connectivity index (χ1v) is 12.5. The number of furan rings is 1. The average molecular weight is 534 g/mol. The first-order valence-electron chi connectivity index (χ1n) is 12.5. The number of hydrogen-bond donors (Lipinski definition) is 2. The zero-order valence-corrected chi connectivity index (χ0v) is 22.5. The van der Waals surface area contributed by atoms with Gasteiger partial charge in [0.05, 0.1) is 26.0 Å². The second-order valence-corrected chi connectivity index (χ2v) is 9.32. The predicted molar refractivity (Wildman–Crippen MR) is 152 cm³/mol. The van der Waals surface area contributed by atoms with E-state index in [9.17, 15) is 9.59 Å². The summed E-state index contributed by atoms with van der Waals surface area (Å²) in [6.45, 7) is 2.09. The molecule has 198 valence electrons. The standard InChI is InChI=1S/C30H31N3O4.ClH/c1-19(31-2)29(34)32-25-14-11-20-7-4-5-8-26(20)33(30(25)35)18-24-23-13-10-22(27-9-6-16-37-27)17-21(23)12-15-28(24)36-3;/h4-10,12-13,15-17,19,25,31H,11,14,18H2,1-3H3,(H,32,34);1H. The number of benzene rings is 3. The Balaban J connectivity index is 0.00000336. The summed E-state index contributed by atoms with van der Waals surface area (Å²) in [5.74, 6) is 1.18. The van der Waals surface area contributed by atoms with Crippen molar-refractivity contribution in [1.29, 1.82) is 0 Å². The third kappa shape index (κ3) is 5.26. The van der Waals surface area contributed by atoms with Gasteiger partial charge in [-0.3, -0.25) is 9.59 Å². The van der Waals surface area contributed by atoms with Crippen molar-refractivity contribution in [3.63, 3.8) is 0 Å². The number of anilines is 1. The minimum absolute atomic E-state index is 0. The SMILES string of the molecule is CNC(C)C(=O)NC1CCc2ccccc2N(Cc2c(OC)ccc3cc(-c4ccco4)ccc23)C1=O.Cl. The lowest BCUT2D eigenvalue weighted by molar-refractivity contribution is -0.128. The van der Waals surface area contributed by atoms with E-state index in [2.05, 4.69) is 16.7 Å². The number of rotatable bonds is 7. The third-order valence-corrected chi connectivity index (χ3v) is 7.12. The van der Waals surface area contributed by atoms with Crippen molar-refractivity contribution >= 4 is 40.7 Å². The summed E-state index contributed by atoms with van der Waals surface area (Å²) < 4.78 is 11.3. The van der Waals surface area contributed by atoms with Gasteiger partial charge in [0.25, 0.3) is 0 Å². The molecule has 2 atom stereocenters. The summed E-state index contributed by atoms with van der Waals surface area (Å²) in [5, 5.41) is 7.92. The fourth-order valence-corrected chi connectivity index (χ4v) is 4.92.